The molecule has 5 nitrogen and oxygen atoms in total. The SMILES string of the molecule is C[C@@H](CN1CCOCC1)N(Cc1ccccc1)C(=O)[C@@H]1CCCNC1. The minimum atomic E-state index is 0.115. The number of carbonyl (C=O) groups is 1. The van der Waals surface area contributed by atoms with E-state index in [2.05, 4.69) is 34.2 Å². The second-order valence-corrected chi connectivity index (χ2v) is 7.26. The molecular formula is C20H31N3O2. The smallest absolute Gasteiger partial charge is 0.227 e. The first-order chi connectivity index (χ1) is 12.2. The van der Waals surface area contributed by atoms with Gasteiger partial charge in [-0.3, -0.25) is 9.69 Å². The van der Waals surface area contributed by atoms with Crippen LogP contribution in [0.15, 0.2) is 30.3 Å². The van der Waals surface area contributed by atoms with Crippen LogP contribution < -0.4 is 5.32 Å². The van der Waals surface area contributed by atoms with E-state index in [9.17, 15) is 4.79 Å². The highest BCUT2D eigenvalue weighted by molar-refractivity contribution is 5.79. The van der Waals surface area contributed by atoms with Gasteiger partial charge in [0, 0.05) is 38.8 Å². The van der Waals surface area contributed by atoms with E-state index < -0.39 is 0 Å². The van der Waals surface area contributed by atoms with Gasteiger partial charge in [-0.05, 0) is 31.9 Å². The van der Waals surface area contributed by atoms with Crippen molar-refractivity contribution in [3.63, 3.8) is 0 Å². The van der Waals surface area contributed by atoms with Crippen molar-refractivity contribution >= 4 is 5.91 Å². The maximum absolute atomic E-state index is 13.2. The normalized spacial score (nSPS) is 23.2. The molecule has 25 heavy (non-hydrogen) atoms. The number of hydrogen-bond donors (Lipinski definition) is 1. The van der Waals surface area contributed by atoms with Crippen LogP contribution in [-0.2, 0) is 16.1 Å². The summed E-state index contributed by atoms with van der Waals surface area (Å²) in [6.07, 6.45) is 2.09. The van der Waals surface area contributed by atoms with E-state index in [0.717, 1.165) is 58.8 Å². The van der Waals surface area contributed by atoms with Gasteiger partial charge in [-0.2, -0.15) is 0 Å². The Hall–Kier alpha value is -1.43. The van der Waals surface area contributed by atoms with Crippen molar-refractivity contribution in [1.29, 1.82) is 0 Å². The van der Waals surface area contributed by atoms with Crippen LogP contribution in [0.25, 0.3) is 0 Å². The Morgan fingerprint density at radius 2 is 2.08 bits per heavy atom. The van der Waals surface area contributed by atoms with Gasteiger partial charge in [-0.1, -0.05) is 30.3 Å². The number of ether oxygens (including phenoxy) is 1. The Morgan fingerprint density at radius 1 is 1.32 bits per heavy atom. The zero-order valence-corrected chi connectivity index (χ0v) is 15.3. The first-order valence-corrected chi connectivity index (χ1v) is 9.59. The molecule has 2 atom stereocenters. The van der Waals surface area contributed by atoms with Gasteiger partial charge in [0.05, 0.1) is 19.1 Å². The first-order valence-electron chi connectivity index (χ1n) is 9.59. The second kappa shape index (κ2) is 9.32. The van der Waals surface area contributed by atoms with Gasteiger partial charge in [0.2, 0.25) is 5.91 Å². The van der Waals surface area contributed by atoms with Crippen LogP contribution in [0.4, 0.5) is 0 Å². The number of piperidine rings is 1. The number of morpholine rings is 1. The molecular weight excluding hydrogens is 314 g/mol. The maximum Gasteiger partial charge on any atom is 0.227 e. The Morgan fingerprint density at radius 3 is 2.76 bits per heavy atom. The largest absolute Gasteiger partial charge is 0.379 e. The summed E-state index contributed by atoms with van der Waals surface area (Å²) in [6.45, 7) is 9.17. The van der Waals surface area contributed by atoms with Crippen molar-refractivity contribution in [2.75, 3.05) is 45.9 Å². The summed E-state index contributed by atoms with van der Waals surface area (Å²) in [7, 11) is 0. The Kier molecular flexibility index (Phi) is 6.84. The summed E-state index contributed by atoms with van der Waals surface area (Å²) in [5.41, 5.74) is 1.20. The summed E-state index contributed by atoms with van der Waals surface area (Å²) < 4.78 is 5.45. The monoisotopic (exact) mass is 345 g/mol. The fourth-order valence-electron chi connectivity index (χ4n) is 3.78. The third-order valence-electron chi connectivity index (χ3n) is 5.28. The molecule has 0 spiro atoms. The lowest BCUT2D eigenvalue weighted by molar-refractivity contribution is -0.139. The summed E-state index contributed by atoms with van der Waals surface area (Å²) in [5.74, 6) is 0.418. The van der Waals surface area contributed by atoms with E-state index >= 15 is 0 Å². The molecule has 0 saturated carbocycles. The first kappa shape index (κ1) is 18.4. The molecule has 0 aliphatic carbocycles. The quantitative estimate of drug-likeness (QED) is 0.853. The van der Waals surface area contributed by atoms with Gasteiger partial charge in [-0.25, -0.2) is 0 Å². The maximum atomic E-state index is 13.2. The van der Waals surface area contributed by atoms with Crippen LogP contribution in [0.1, 0.15) is 25.3 Å². The highest BCUT2D eigenvalue weighted by Crippen LogP contribution is 2.19. The van der Waals surface area contributed by atoms with Crippen LogP contribution in [0, 0.1) is 5.92 Å². The standard InChI is InChI=1S/C20H31N3O2/c1-17(15-22-10-12-25-13-11-22)23(16-18-6-3-2-4-7-18)20(24)19-8-5-9-21-14-19/h2-4,6-7,17,19,21H,5,8-16H2,1H3/t17-,19+/m0/s1. The molecule has 138 valence electrons. The molecule has 0 aromatic heterocycles. The Labute approximate surface area is 151 Å². The number of amides is 1. The second-order valence-electron chi connectivity index (χ2n) is 7.26. The van der Waals surface area contributed by atoms with Crippen molar-refractivity contribution in [2.45, 2.75) is 32.4 Å². The Bertz CT molecular complexity index is 525. The molecule has 5 heteroatoms. The zero-order valence-electron chi connectivity index (χ0n) is 15.3. The van der Waals surface area contributed by atoms with Crippen molar-refractivity contribution in [1.82, 2.24) is 15.1 Å². The average molecular weight is 345 g/mol. The van der Waals surface area contributed by atoms with Gasteiger partial charge in [-0.15, -0.1) is 0 Å². The number of nitrogens with one attached hydrogen (secondary N) is 1. The van der Waals surface area contributed by atoms with Crippen molar-refractivity contribution in [2.24, 2.45) is 5.92 Å². The molecule has 2 fully saturated rings. The van der Waals surface area contributed by atoms with Gasteiger partial charge in [0.15, 0.2) is 0 Å². The summed E-state index contributed by atoms with van der Waals surface area (Å²) in [6, 6.07) is 10.5. The molecule has 1 amide bonds. The van der Waals surface area contributed by atoms with E-state index in [-0.39, 0.29) is 12.0 Å². The van der Waals surface area contributed by atoms with Crippen LogP contribution >= 0.6 is 0 Å². The number of hydrogen-bond acceptors (Lipinski definition) is 4. The molecule has 2 aliphatic heterocycles. The molecule has 2 heterocycles. The van der Waals surface area contributed by atoms with E-state index in [0.29, 0.717) is 12.5 Å². The Balaban J connectivity index is 1.69. The predicted octanol–water partition coefficient (Wildman–Crippen LogP) is 1.74. The van der Waals surface area contributed by atoms with E-state index in [1.165, 1.54) is 5.56 Å². The van der Waals surface area contributed by atoms with Crippen LogP contribution in [0.5, 0.6) is 0 Å². The average Bonchev–Trinajstić information content (AvgIpc) is 2.68. The predicted molar refractivity (Wildman–Crippen MR) is 99.3 cm³/mol. The van der Waals surface area contributed by atoms with Gasteiger partial charge in [0.1, 0.15) is 0 Å². The molecule has 2 saturated heterocycles. The lowest BCUT2D eigenvalue weighted by Gasteiger charge is -2.37. The third kappa shape index (κ3) is 5.27. The van der Waals surface area contributed by atoms with Crippen LogP contribution in [-0.4, -0.2) is 67.7 Å². The number of carbonyl (C=O) groups excluding carboxylic acids is 1. The molecule has 1 aromatic rings. The minimum absolute atomic E-state index is 0.115. The summed E-state index contributed by atoms with van der Waals surface area (Å²) in [4.78, 5) is 17.7. The highest BCUT2D eigenvalue weighted by Gasteiger charge is 2.30. The molecule has 1 aromatic carbocycles. The lowest BCUT2D eigenvalue weighted by Crippen LogP contribution is -2.51. The van der Waals surface area contributed by atoms with E-state index in [1.54, 1.807) is 0 Å². The lowest BCUT2D eigenvalue weighted by atomic mass is 9.97. The number of nitrogens with zero attached hydrogens (tertiary/aromatic N) is 2. The van der Waals surface area contributed by atoms with E-state index in [1.807, 2.05) is 18.2 Å². The summed E-state index contributed by atoms with van der Waals surface area (Å²) in [5, 5.41) is 3.38. The minimum Gasteiger partial charge on any atom is -0.379 e. The van der Waals surface area contributed by atoms with E-state index in [4.69, 9.17) is 4.74 Å². The molecule has 2 aliphatic rings. The molecule has 0 bridgehead atoms. The summed E-state index contributed by atoms with van der Waals surface area (Å²) >= 11 is 0. The van der Waals surface area contributed by atoms with Gasteiger partial charge in [0.25, 0.3) is 0 Å². The number of rotatable bonds is 6. The molecule has 1 N–H and O–H groups in total. The van der Waals surface area contributed by atoms with Gasteiger partial charge < -0.3 is 15.0 Å². The van der Waals surface area contributed by atoms with Crippen LogP contribution in [0.2, 0.25) is 0 Å². The third-order valence-corrected chi connectivity index (χ3v) is 5.28. The fourth-order valence-corrected chi connectivity index (χ4v) is 3.78. The van der Waals surface area contributed by atoms with Crippen molar-refractivity contribution in [3.8, 4) is 0 Å². The highest BCUT2D eigenvalue weighted by atomic mass is 16.5. The van der Waals surface area contributed by atoms with Gasteiger partial charge >= 0.3 is 0 Å². The zero-order chi connectivity index (χ0) is 17.5. The van der Waals surface area contributed by atoms with Crippen LogP contribution in [0.3, 0.4) is 0 Å². The number of benzene rings is 1. The van der Waals surface area contributed by atoms with Crippen molar-refractivity contribution < 1.29 is 9.53 Å². The molecule has 0 unspecified atom stereocenters. The topological polar surface area (TPSA) is 44.8 Å². The molecule has 3 rings (SSSR count). The van der Waals surface area contributed by atoms with Crippen molar-refractivity contribution in [3.05, 3.63) is 35.9 Å². The fraction of sp³-hybridized carbons (Fsp3) is 0.650. The molecule has 0 radical (unpaired) electrons.